The third kappa shape index (κ3) is 3.98. The Morgan fingerprint density at radius 1 is 1.00 bits per heavy atom. The van der Waals surface area contributed by atoms with Crippen molar-refractivity contribution in [2.45, 2.75) is 53.3 Å². The first kappa shape index (κ1) is 21.6. The number of oxazole rings is 1. The molecule has 0 N–H and O–H groups in total. The second kappa shape index (κ2) is 8.49. The van der Waals surface area contributed by atoms with E-state index in [0.29, 0.717) is 28.2 Å². The molecule has 0 saturated heterocycles. The van der Waals surface area contributed by atoms with Gasteiger partial charge in [0.15, 0.2) is 0 Å². The Balaban J connectivity index is 1.76. The summed E-state index contributed by atoms with van der Waals surface area (Å²) in [5.74, 6) is 1.88. The van der Waals surface area contributed by atoms with Crippen molar-refractivity contribution in [3.05, 3.63) is 80.8 Å². The predicted octanol–water partition coefficient (Wildman–Crippen LogP) is 4.54. The SMILES string of the molecule is Cc1oc(-c2ccc(OC(C)C)cc2)nc1Cn1c(=O)n(C(C)C)c(=O)c2ccccc21. The Labute approximate surface area is 185 Å². The minimum atomic E-state index is -0.358. The lowest BCUT2D eigenvalue weighted by molar-refractivity contribution is 0.242. The number of aryl methyl sites for hydroxylation is 1. The van der Waals surface area contributed by atoms with Crippen LogP contribution in [-0.2, 0) is 6.54 Å². The quantitative estimate of drug-likeness (QED) is 0.446. The lowest BCUT2D eigenvalue weighted by Crippen LogP contribution is -2.41. The number of benzene rings is 2. The Morgan fingerprint density at radius 2 is 1.69 bits per heavy atom. The second-order valence-corrected chi connectivity index (χ2v) is 8.37. The summed E-state index contributed by atoms with van der Waals surface area (Å²) in [5, 5.41) is 0.503. The van der Waals surface area contributed by atoms with Crippen LogP contribution in [-0.4, -0.2) is 20.2 Å². The van der Waals surface area contributed by atoms with Gasteiger partial charge in [-0.15, -0.1) is 0 Å². The smallest absolute Gasteiger partial charge is 0.332 e. The highest BCUT2D eigenvalue weighted by Crippen LogP contribution is 2.25. The van der Waals surface area contributed by atoms with Crippen LogP contribution in [0.3, 0.4) is 0 Å². The highest BCUT2D eigenvalue weighted by molar-refractivity contribution is 5.78. The van der Waals surface area contributed by atoms with Crippen molar-refractivity contribution in [2.24, 2.45) is 0 Å². The van der Waals surface area contributed by atoms with Crippen LogP contribution in [0.2, 0.25) is 0 Å². The van der Waals surface area contributed by atoms with Gasteiger partial charge in [-0.3, -0.25) is 13.9 Å². The second-order valence-electron chi connectivity index (χ2n) is 8.37. The van der Waals surface area contributed by atoms with Gasteiger partial charge in [0.2, 0.25) is 5.89 Å². The monoisotopic (exact) mass is 433 g/mol. The van der Waals surface area contributed by atoms with Crippen molar-refractivity contribution in [3.8, 4) is 17.2 Å². The molecule has 7 nitrogen and oxygen atoms in total. The molecule has 166 valence electrons. The number of aromatic nitrogens is 3. The molecule has 0 amide bonds. The zero-order valence-corrected chi connectivity index (χ0v) is 19.0. The van der Waals surface area contributed by atoms with Gasteiger partial charge in [0.05, 0.1) is 23.6 Å². The molecule has 0 aliphatic rings. The summed E-state index contributed by atoms with van der Waals surface area (Å²) in [4.78, 5) is 30.7. The standard InChI is InChI=1S/C25H27N3O4/c1-15(2)28-24(29)20-8-6-7-9-22(20)27(25(28)30)14-21-17(5)32-23(26-21)18-10-12-19(13-11-18)31-16(3)4/h6-13,15-16H,14H2,1-5H3. The van der Waals surface area contributed by atoms with E-state index in [4.69, 9.17) is 9.15 Å². The molecule has 0 aliphatic heterocycles. The summed E-state index contributed by atoms with van der Waals surface area (Å²) in [6.07, 6.45) is 0.0960. The number of hydrogen-bond acceptors (Lipinski definition) is 5. The average Bonchev–Trinajstić information content (AvgIpc) is 3.11. The Bertz CT molecular complexity index is 1380. The van der Waals surface area contributed by atoms with Crippen LogP contribution in [0.5, 0.6) is 5.75 Å². The maximum Gasteiger partial charge on any atom is 0.332 e. The molecular formula is C25H27N3O4. The summed E-state index contributed by atoms with van der Waals surface area (Å²) in [7, 11) is 0. The predicted molar refractivity (Wildman–Crippen MR) is 124 cm³/mol. The molecule has 0 aliphatic carbocycles. The van der Waals surface area contributed by atoms with E-state index < -0.39 is 0 Å². The van der Waals surface area contributed by atoms with Gasteiger partial charge in [0.1, 0.15) is 17.2 Å². The number of nitrogens with zero attached hydrogens (tertiary/aromatic N) is 3. The molecule has 7 heteroatoms. The van der Waals surface area contributed by atoms with Crippen LogP contribution in [0.25, 0.3) is 22.4 Å². The molecule has 0 saturated carbocycles. The van der Waals surface area contributed by atoms with Crippen LogP contribution in [0.15, 0.2) is 62.5 Å². The largest absolute Gasteiger partial charge is 0.491 e. The first-order chi connectivity index (χ1) is 15.3. The Morgan fingerprint density at radius 3 is 2.34 bits per heavy atom. The molecular weight excluding hydrogens is 406 g/mol. The van der Waals surface area contributed by atoms with E-state index in [1.54, 1.807) is 22.8 Å². The minimum Gasteiger partial charge on any atom is -0.491 e. The third-order valence-electron chi connectivity index (χ3n) is 5.27. The van der Waals surface area contributed by atoms with Gasteiger partial charge >= 0.3 is 5.69 Å². The average molecular weight is 434 g/mol. The van der Waals surface area contributed by atoms with Crippen LogP contribution in [0, 0.1) is 6.92 Å². The fourth-order valence-corrected chi connectivity index (χ4v) is 3.74. The maximum absolute atomic E-state index is 13.2. The van der Waals surface area contributed by atoms with E-state index in [1.165, 1.54) is 4.57 Å². The molecule has 4 rings (SSSR count). The maximum atomic E-state index is 13.2. The summed E-state index contributed by atoms with van der Waals surface area (Å²) in [5.41, 5.74) is 1.41. The first-order valence-corrected chi connectivity index (χ1v) is 10.7. The van der Waals surface area contributed by atoms with Gasteiger partial charge in [0.25, 0.3) is 5.56 Å². The van der Waals surface area contributed by atoms with Gasteiger partial charge in [0, 0.05) is 11.6 Å². The summed E-state index contributed by atoms with van der Waals surface area (Å²) in [6, 6.07) is 14.4. The summed E-state index contributed by atoms with van der Waals surface area (Å²) >= 11 is 0. The fraction of sp³-hybridized carbons (Fsp3) is 0.320. The van der Waals surface area contributed by atoms with Crippen molar-refractivity contribution in [1.29, 1.82) is 0 Å². The van der Waals surface area contributed by atoms with Crippen LogP contribution in [0.1, 0.15) is 45.2 Å². The zero-order valence-electron chi connectivity index (χ0n) is 19.0. The van der Waals surface area contributed by atoms with Gasteiger partial charge in [-0.05, 0) is 71.0 Å². The molecule has 0 unspecified atom stereocenters. The molecule has 32 heavy (non-hydrogen) atoms. The van der Waals surface area contributed by atoms with E-state index in [-0.39, 0.29) is 29.9 Å². The van der Waals surface area contributed by atoms with E-state index in [1.807, 2.05) is 65.0 Å². The molecule has 2 aromatic carbocycles. The Kier molecular flexibility index (Phi) is 5.74. The number of ether oxygens (including phenoxy) is 1. The molecule has 0 fully saturated rings. The molecule has 0 atom stereocenters. The zero-order chi connectivity index (χ0) is 23.0. The molecule has 0 radical (unpaired) electrons. The highest BCUT2D eigenvalue weighted by atomic mass is 16.5. The van der Waals surface area contributed by atoms with Gasteiger partial charge in [-0.2, -0.15) is 0 Å². The lowest BCUT2D eigenvalue weighted by atomic mass is 10.2. The number of rotatable bonds is 6. The number of para-hydroxylation sites is 1. The molecule has 0 bridgehead atoms. The first-order valence-electron chi connectivity index (χ1n) is 10.7. The molecule has 2 heterocycles. The fourth-order valence-electron chi connectivity index (χ4n) is 3.74. The minimum absolute atomic E-state index is 0.0960. The van der Waals surface area contributed by atoms with Crippen LogP contribution < -0.4 is 16.0 Å². The van der Waals surface area contributed by atoms with E-state index in [2.05, 4.69) is 4.98 Å². The topological polar surface area (TPSA) is 79.3 Å². The van der Waals surface area contributed by atoms with E-state index in [0.717, 1.165) is 11.3 Å². The van der Waals surface area contributed by atoms with E-state index in [9.17, 15) is 9.59 Å². The summed E-state index contributed by atoms with van der Waals surface area (Å²) in [6.45, 7) is 9.64. The highest BCUT2D eigenvalue weighted by Gasteiger charge is 2.18. The van der Waals surface area contributed by atoms with Crippen molar-refractivity contribution in [3.63, 3.8) is 0 Å². The van der Waals surface area contributed by atoms with Crippen LogP contribution in [0.4, 0.5) is 0 Å². The van der Waals surface area contributed by atoms with Gasteiger partial charge < -0.3 is 9.15 Å². The van der Waals surface area contributed by atoms with Crippen molar-refractivity contribution in [2.75, 3.05) is 0 Å². The van der Waals surface area contributed by atoms with Crippen molar-refractivity contribution in [1.82, 2.24) is 14.1 Å². The van der Waals surface area contributed by atoms with Gasteiger partial charge in [-0.1, -0.05) is 12.1 Å². The number of fused-ring (bicyclic) bond motifs is 1. The van der Waals surface area contributed by atoms with Gasteiger partial charge in [-0.25, -0.2) is 9.78 Å². The number of hydrogen-bond donors (Lipinski definition) is 0. The third-order valence-corrected chi connectivity index (χ3v) is 5.27. The van der Waals surface area contributed by atoms with Crippen molar-refractivity contribution < 1.29 is 9.15 Å². The molecule has 0 spiro atoms. The molecule has 4 aromatic rings. The van der Waals surface area contributed by atoms with E-state index >= 15 is 0 Å². The summed E-state index contributed by atoms with van der Waals surface area (Å²) < 4.78 is 14.5. The lowest BCUT2D eigenvalue weighted by Gasteiger charge is -2.15. The Hall–Kier alpha value is -3.61. The van der Waals surface area contributed by atoms with Crippen LogP contribution >= 0.6 is 0 Å². The van der Waals surface area contributed by atoms with Crippen molar-refractivity contribution >= 4 is 10.9 Å². The normalized spacial score (nSPS) is 11.6. The molecule has 2 aromatic heterocycles.